The molecule has 0 radical (unpaired) electrons. The van der Waals surface area contributed by atoms with Crippen LogP contribution in [-0.4, -0.2) is 257 Å². The summed E-state index contributed by atoms with van der Waals surface area (Å²) in [5, 5.41) is 156. The van der Waals surface area contributed by atoms with E-state index in [1.807, 2.05) is 20.8 Å². The van der Waals surface area contributed by atoms with Crippen LogP contribution in [-0.2, 0) is 61.8 Å². The zero-order valence-electron chi connectivity index (χ0n) is 50.1. The fraction of sp³-hybridized carbons (Fsp3) is 0.881. The lowest BCUT2D eigenvalue weighted by Gasteiger charge is -2.72. The zero-order valence-corrected chi connectivity index (χ0v) is 50.1. The molecule has 30 atom stereocenters. The van der Waals surface area contributed by atoms with E-state index in [1.54, 1.807) is 19.9 Å². The van der Waals surface area contributed by atoms with E-state index in [1.165, 1.54) is 6.92 Å². The molecule has 4 aliphatic heterocycles. The van der Waals surface area contributed by atoms with E-state index in [9.17, 15) is 85.9 Å². The van der Waals surface area contributed by atoms with Gasteiger partial charge in [0.25, 0.3) is 0 Å². The lowest BCUT2D eigenvalue weighted by molar-refractivity contribution is -0.400. The summed E-state index contributed by atoms with van der Waals surface area (Å²) in [4.78, 5) is 39.6. The van der Waals surface area contributed by atoms with Crippen LogP contribution >= 0.6 is 0 Å². The van der Waals surface area contributed by atoms with Crippen molar-refractivity contribution in [2.45, 2.75) is 242 Å². The van der Waals surface area contributed by atoms with E-state index < -0.39 is 224 Å². The number of carboxylic acids is 1. The standard InChI is InChI=1S/C59H92O27/c1-10-24(2)49(76)86-46-47(79-25(3)63)59(23-62)27(17-54(46,4)5)26-11-12-32-55(6)15-14-34(56(7,22-61)31(55)13-16-57(32,8)58(26,9)18-33(59)66)81-53-45(85-52-44(36(68)29(65)21-78-52)84-50-39(71)35(67)28(64)20-77-50)42(41(73)43(83-53)48(74)75)82-51-40(72)38(70)37(69)30(19-60)80-51/h10-11,27-47,50-53,60-62,64-73H,12-23H2,1-9H3,(H,74,75)/b24-10-/t27-,28+,29-,30+,31?,32?,33+,34-,35-,36-,37-,38-,39+,40+,41-,42-,43-,44+,45+,46-,47-,50-,51-,52-,53+,55-,56-,57+,58+,59-/m0/s1. The first-order valence-electron chi connectivity index (χ1n) is 30.0. The minimum Gasteiger partial charge on any atom is -0.479 e. The number of carbonyl (C=O) groups excluding carboxylic acids is 2. The monoisotopic (exact) mass is 1230 g/mol. The summed E-state index contributed by atoms with van der Waals surface area (Å²) in [6, 6.07) is 0. The maximum atomic E-state index is 13.5. The Labute approximate surface area is 498 Å². The van der Waals surface area contributed by atoms with Crippen LogP contribution in [0.25, 0.3) is 0 Å². The van der Waals surface area contributed by atoms with Gasteiger partial charge in [0.1, 0.15) is 91.6 Å². The molecule has 8 fully saturated rings. The number of hydrogen-bond donors (Lipinski definition) is 14. The highest BCUT2D eigenvalue weighted by Gasteiger charge is 2.74. The number of esters is 2. The second-order valence-corrected chi connectivity index (χ2v) is 27.4. The highest BCUT2D eigenvalue weighted by molar-refractivity contribution is 5.87. The van der Waals surface area contributed by atoms with Crippen LogP contribution in [0.15, 0.2) is 23.3 Å². The van der Waals surface area contributed by atoms with Crippen molar-refractivity contribution in [2.24, 2.45) is 50.2 Å². The summed E-state index contributed by atoms with van der Waals surface area (Å²) in [7, 11) is 0. The minimum absolute atomic E-state index is 0.121. The normalized spacial score (nSPS) is 51.2. The van der Waals surface area contributed by atoms with Gasteiger partial charge in [0.2, 0.25) is 0 Å². The number of allylic oxidation sites excluding steroid dienone is 3. The van der Waals surface area contributed by atoms with Gasteiger partial charge in [-0.1, -0.05) is 59.3 Å². The molecule has 0 aromatic carbocycles. The quantitative estimate of drug-likeness (QED) is 0.0357. The van der Waals surface area contributed by atoms with Crippen LogP contribution in [0.1, 0.15) is 107 Å². The van der Waals surface area contributed by atoms with Gasteiger partial charge in [0.05, 0.1) is 50.7 Å². The maximum Gasteiger partial charge on any atom is 0.335 e. The van der Waals surface area contributed by atoms with Gasteiger partial charge >= 0.3 is 17.9 Å². The first kappa shape index (κ1) is 67.4. The fourth-order valence-electron chi connectivity index (χ4n) is 17.1. The first-order chi connectivity index (χ1) is 40.3. The topological polar surface area (TPSA) is 427 Å². The maximum absolute atomic E-state index is 13.5. The summed E-state index contributed by atoms with van der Waals surface area (Å²) >= 11 is 0. The van der Waals surface area contributed by atoms with Crippen molar-refractivity contribution in [1.29, 1.82) is 0 Å². The van der Waals surface area contributed by atoms with Crippen molar-refractivity contribution in [3.63, 3.8) is 0 Å². The lowest BCUT2D eigenvalue weighted by Crippen LogP contribution is -2.72. The van der Waals surface area contributed by atoms with Gasteiger partial charge < -0.3 is 119 Å². The molecule has 2 unspecified atom stereocenters. The van der Waals surface area contributed by atoms with Crippen molar-refractivity contribution < 1.29 is 133 Å². The van der Waals surface area contributed by atoms with Crippen LogP contribution < -0.4 is 0 Å². The Kier molecular flexibility index (Phi) is 19.5. The Bertz CT molecular complexity index is 2510. The van der Waals surface area contributed by atoms with E-state index in [4.69, 9.17) is 47.4 Å². The number of ether oxygens (including phenoxy) is 10. The van der Waals surface area contributed by atoms with Crippen LogP contribution in [0.4, 0.5) is 0 Å². The summed E-state index contributed by atoms with van der Waals surface area (Å²) in [5.74, 6) is -4.03. The molecule has 0 aromatic rings. The molecule has 0 aromatic heterocycles. The first-order valence-corrected chi connectivity index (χ1v) is 30.0. The molecule has 0 spiro atoms. The lowest BCUT2D eigenvalue weighted by atomic mass is 9.33. The third kappa shape index (κ3) is 11.0. The zero-order chi connectivity index (χ0) is 63.3. The highest BCUT2D eigenvalue weighted by atomic mass is 16.8. The molecule has 4 saturated carbocycles. The molecule has 4 heterocycles. The van der Waals surface area contributed by atoms with Gasteiger partial charge in [0, 0.05) is 23.3 Å². The molecule has 14 N–H and O–H groups in total. The largest absolute Gasteiger partial charge is 0.479 e. The molecule has 27 nitrogen and oxygen atoms in total. The van der Waals surface area contributed by atoms with Crippen LogP contribution in [0.3, 0.4) is 0 Å². The number of carboxylic acid groups (broad SMARTS) is 1. The fourth-order valence-corrected chi connectivity index (χ4v) is 17.1. The third-order valence-electron chi connectivity index (χ3n) is 22.4. The van der Waals surface area contributed by atoms with Crippen LogP contribution in [0.2, 0.25) is 0 Å². The highest BCUT2D eigenvalue weighted by Crippen LogP contribution is 2.76. The van der Waals surface area contributed by atoms with E-state index in [0.717, 1.165) is 5.57 Å². The molecule has 27 heteroatoms. The van der Waals surface area contributed by atoms with Gasteiger partial charge in [-0.2, -0.15) is 0 Å². The predicted molar refractivity (Wildman–Crippen MR) is 290 cm³/mol. The molecule has 4 saturated heterocycles. The van der Waals surface area contributed by atoms with Crippen molar-refractivity contribution >= 4 is 17.9 Å². The van der Waals surface area contributed by atoms with Gasteiger partial charge in [0.15, 0.2) is 31.3 Å². The number of aliphatic hydroxyl groups excluding tert-OH is 13. The van der Waals surface area contributed by atoms with Crippen molar-refractivity contribution in [3.8, 4) is 0 Å². The second kappa shape index (κ2) is 24.9. The number of rotatable bonds is 15. The van der Waals surface area contributed by atoms with Gasteiger partial charge in [-0.25, -0.2) is 9.59 Å². The van der Waals surface area contributed by atoms with E-state index in [0.29, 0.717) is 37.7 Å². The number of carbonyl (C=O) groups is 3. The van der Waals surface area contributed by atoms with Crippen LogP contribution in [0.5, 0.6) is 0 Å². The summed E-state index contributed by atoms with van der Waals surface area (Å²) in [6.07, 6.45) is -32.4. The summed E-state index contributed by atoms with van der Waals surface area (Å²) in [6.45, 7) is 13.6. The molecule has 490 valence electrons. The minimum atomic E-state index is -2.26. The smallest absolute Gasteiger partial charge is 0.335 e. The molecular weight excluding hydrogens is 1140 g/mol. The summed E-state index contributed by atoms with van der Waals surface area (Å²) in [5.41, 5.74) is -4.02. The van der Waals surface area contributed by atoms with Crippen molar-refractivity contribution in [3.05, 3.63) is 23.3 Å². The predicted octanol–water partition coefficient (Wildman–Crippen LogP) is -2.22. The number of hydrogen-bond acceptors (Lipinski definition) is 26. The number of aliphatic hydroxyl groups is 13. The summed E-state index contributed by atoms with van der Waals surface area (Å²) < 4.78 is 60.8. The van der Waals surface area contributed by atoms with Gasteiger partial charge in [-0.05, 0) is 92.8 Å². The Hall–Kier alpha value is -2.95. The Morgan fingerprint density at radius 3 is 1.88 bits per heavy atom. The number of aliphatic carboxylic acids is 1. The van der Waals surface area contributed by atoms with E-state index >= 15 is 0 Å². The van der Waals surface area contributed by atoms with E-state index in [2.05, 4.69) is 26.8 Å². The van der Waals surface area contributed by atoms with Gasteiger partial charge in [-0.15, -0.1) is 0 Å². The SMILES string of the molecule is C/C=C(/C)C(=O)O[C@H]1[C@H](OC(C)=O)[C@]2(CO)[C@H](O)C[C@]3(C)C(=CCC4[C@@]5(C)CC[C@H](O[C@@H]6O[C@H](C(=O)O)[C@@H](O)[C@H](O[C@@H]7O[C@H](CO)[C@H](O)[C@H](O)[C@H]7O)[C@H]6O[C@@H]6OC[C@H](O)[C@H](O)[C@H]6O[C@@H]6OC[C@@H](O)[C@H](O)[C@H]6O)[C@@](C)(CO)C5CC[C@]43C)[C@@H]2CC1(C)C. The molecular formula is C59H92O27. The van der Waals surface area contributed by atoms with Crippen molar-refractivity contribution in [1.82, 2.24) is 0 Å². The van der Waals surface area contributed by atoms with Crippen LogP contribution in [0, 0.1) is 50.2 Å². The van der Waals surface area contributed by atoms with Crippen molar-refractivity contribution in [2.75, 3.05) is 33.0 Å². The molecule has 9 rings (SSSR count). The Morgan fingerprint density at radius 2 is 1.27 bits per heavy atom. The molecule has 0 amide bonds. The average Bonchev–Trinajstić information content (AvgIpc) is 0.675. The third-order valence-corrected chi connectivity index (χ3v) is 22.4. The molecule has 9 aliphatic rings. The molecule has 5 aliphatic carbocycles. The van der Waals surface area contributed by atoms with E-state index in [-0.39, 0.29) is 24.7 Å². The average molecular weight is 1230 g/mol. The number of fused-ring (bicyclic) bond motifs is 7. The second-order valence-electron chi connectivity index (χ2n) is 27.4. The van der Waals surface area contributed by atoms with Gasteiger partial charge in [-0.3, -0.25) is 4.79 Å². The Morgan fingerprint density at radius 1 is 0.640 bits per heavy atom. The molecule has 86 heavy (non-hydrogen) atoms. The molecule has 0 bridgehead atoms. The Balaban J connectivity index is 1.06.